The normalized spacial score (nSPS) is 10.9. The summed E-state index contributed by atoms with van der Waals surface area (Å²) in [6.07, 6.45) is 0.824. The third kappa shape index (κ3) is 2.41. The predicted octanol–water partition coefficient (Wildman–Crippen LogP) is -0.275. The monoisotopic (exact) mass is 242 g/mol. The topological polar surface area (TPSA) is 89.2 Å². The first kappa shape index (κ1) is 12.3. The van der Waals surface area contributed by atoms with Gasteiger partial charge in [-0.05, 0) is 25.5 Å². The van der Waals surface area contributed by atoms with Gasteiger partial charge in [-0.1, -0.05) is 0 Å². The van der Waals surface area contributed by atoms with Crippen molar-refractivity contribution in [2.24, 2.45) is 0 Å². The number of rotatable bonds is 2. The fraction of sp³-hybridized carbons (Fsp3) is 0.333. The number of aromatic nitrogens is 1. The lowest BCUT2D eigenvalue weighted by Crippen LogP contribution is -2.33. The van der Waals surface area contributed by atoms with Gasteiger partial charge in [0.05, 0.1) is 11.9 Å². The second-order valence-electron chi connectivity index (χ2n) is 3.33. The van der Waals surface area contributed by atoms with Crippen LogP contribution in [0.25, 0.3) is 0 Å². The van der Waals surface area contributed by atoms with Crippen LogP contribution in [-0.4, -0.2) is 19.4 Å². The third-order valence-electron chi connectivity index (χ3n) is 1.86. The third-order valence-corrected chi connectivity index (χ3v) is 2.28. The first-order valence-electron chi connectivity index (χ1n) is 4.29. The van der Waals surface area contributed by atoms with Crippen LogP contribution >= 0.6 is 0 Å². The van der Waals surface area contributed by atoms with Crippen molar-refractivity contribution in [3.8, 4) is 6.07 Å². The molecule has 0 aliphatic carbocycles. The summed E-state index contributed by atoms with van der Waals surface area (Å²) in [5.41, 5.74) is -0.107. The molecule has 7 heteroatoms. The molecule has 0 aromatic carbocycles. The highest BCUT2D eigenvalue weighted by Gasteiger charge is 2.14. The van der Waals surface area contributed by atoms with Crippen LogP contribution in [0.4, 0.5) is 0 Å². The fourth-order valence-corrected chi connectivity index (χ4v) is 1.69. The van der Waals surface area contributed by atoms with Crippen LogP contribution in [0.1, 0.15) is 16.8 Å². The summed E-state index contributed by atoms with van der Waals surface area (Å²) in [6, 6.07) is 3.21. The standard InChI is InChI=1S/C9H10N2O4S/c1-6-4-7(2)11(15-16(3,13)14)9(12)8(6)5-10/h4H,1-3H3. The van der Waals surface area contributed by atoms with E-state index in [-0.39, 0.29) is 5.56 Å². The minimum Gasteiger partial charge on any atom is -0.284 e. The van der Waals surface area contributed by atoms with Gasteiger partial charge in [-0.3, -0.25) is 9.08 Å². The van der Waals surface area contributed by atoms with Crippen molar-refractivity contribution in [2.75, 3.05) is 6.26 Å². The quantitative estimate of drug-likeness (QED) is 0.711. The highest BCUT2D eigenvalue weighted by molar-refractivity contribution is 7.86. The minimum absolute atomic E-state index is 0.130. The zero-order valence-corrected chi connectivity index (χ0v) is 9.83. The van der Waals surface area contributed by atoms with Gasteiger partial charge in [0.15, 0.2) is 0 Å². The maximum absolute atomic E-state index is 11.7. The summed E-state index contributed by atoms with van der Waals surface area (Å²) < 4.78 is 26.9. The second-order valence-corrected chi connectivity index (χ2v) is 4.89. The Kier molecular flexibility index (Phi) is 3.05. The van der Waals surface area contributed by atoms with Gasteiger partial charge in [0.1, 0.15) is 11.6 Å². The van der Waals surface area contributed by atoms with E-state index in [4.69, 9.17) is 5.26 Å². The molecule has 0 amide bonds. The molecule has 16 heavy (non-hydrogen) atoms. The smallest absolute Gasteiger partial charge is 0.284 e. The van der Waals surface area contributed by atoms with Crippen molar-refractivity contribution < 1.29 is 12.7 Å². The molecule has 0 unspecified atom stereocenters. The Morgan fingerprint density at radius 2 is 2.00 bits per heavy atom. The molecule has 0 saturated heterocycles. The van der Waals surface area contributed by atoms with Crippen LogP contribution < -0.4 is 9.84 Å². The van der Waals surface area contributed by atoms with Crippen LogP contribution in [0, 0.1) is 25.2 Å². The first-order valence-corrected chi connectivity index (χ1v) is 6.11. The van der Waals surface area contributed by atoms with Gasteiger partial charge in [0.25, 0.3) is 0 Å². The van der Waals surface area contributed by atoms with E-state index in [1.54, 1.807) is 13.0 Å². The molecule has 6 nitrogen and oxygen atoms in total. The molecule has 1 rings (SSSR count). The first-order chi connectivity index (χ1) is 7.26. The van der Waals surface area contributed by atoms with E-state index in [0.717, 1.165) is 6.26 Å². The molecule has 0 aliphatic heterocycles. The summed E-state index contributed by atoms with van der Waals surface area (Å²) in [7, 11) is -3.81. The highest BCUT2D eigenvalue weighted by atomic mass is 32.2. The minimum atomic E-state index is -3.81. The van der Waals surface area contributed by atoms with Gasteiger partial charge in [-0.15, -0.1) is 4.73 Å². The van der Waals surface area contributed by atoms with Crippen LogP contribution in [0.5, 0.6) is 0 Å². The van der Waals surface area contributed by atoms with Gasteiger partial charge in [-0.2, -0.15) is 13.7 Å². The highest BCUT2D eigenvalue weighted by Crippen LogP contribution is 2.04. The van der Waals surface area contributed by atoms with Crippen molar-refractivity contribution >= 4 is 10.1 Å². The molecular weight excluding hydrogens is 232 g/mol. The number of aryl methyl sites for hydroxylation is 2. The molecule has 1 aromatic heterocycles. The molecule has 0 bridgehead atoms. The van der Waals surface area contributed by atoms with E-state index in [2.05, 4.69) is 4.28 Å². The summed E-state index contributed by atoms with van der Waals surface area (Å²) in [5.74, 6) is 0. The number of hydrogen-bond donors (Lipinski definition) is 0. The Morgan fingerprint density at radius 3 is 2.44 bits per heavy atom. The van der Waals surface area contributed by atoms with Crippen LogP contribution in [-0.2, 0) is 10.1 Å². The summed E-state index contributed by atoms with van der Waals surface area (Å²) in [6.45, 7) is 3.11. The summed E-state index contributed by atoms with van der Waals surface area (Å²) in [4.78, 5) is 11.7. The van der Waals surface area contributed by atoms with Gasteiger partial charge >= 0.3 is 15.7 Å². The summed E-state index contributed by atoms with van der Waals surface area (Å²) in [5, 5.41) is 8.74. The van der Waals surface area contributed by atoms with Gasteiger partial charge in [0, 0.05) is 0 Å². The molecular formula is C9H10N2O4S. The Hall–Kier alpha value is -1.81. The molecule has 0 fully saturated rings. The molecule has 0 radical (unpaired) electrons. The number of hydrogen-bond acceptors (Lipinski definition) is 5. The van der Waals surface area contributed by atoms with E-state index >= 15 is 0 Å². The molecule has 1 aromatic rings. The average Bonchev–Trinajstić information content (AvgIpc) is 2.11. The van der Waals surface area contributed by atoms with E-state index in [0.29, 0.717) is 16.0 Å². The fourth-order valence-electron chi connectivity index (χ4n) is 1.24. The maximum atomic E-state index is 11.7. The van der Waals surface area contributed by atoms with Crippen molar-refractivity contribution in [2.45, 2.75) is 13.8 Å². The van der Waals surface area contributed by atoms with Gasteiger partial charge in [-0.25, -0.2) is 0 Å². The Balaban J connectivity index is 3.54. The number of nitriles is 1. The predicted molar refractivity (Wildman–Crippen MR) is 56.3 cm³/mol. The Labute approximate surface area is 92.8 Å². The number of pyridine rings is 1. The Morgan fingerprint density at radius 1 is 1.44 bits per heavy atom. The van der Waals surface area contributed by atoms with Crippen molar-refractivity contribution in [3.63, 3.8) is 0 Å². The van der Waals surface area contributed by atoms with Crippen molar-refractivity contribution in [1.29, 1.82) is 5.26 Å². The lowest BCUT2D eigenvalue weighted by atomic mass is 10.1. The SMILES string of the molecule is Cc1cc(C)n(OS(C)(=O)=O)c(=O)c1C#N. The van der Waals surface area contributed by atoms with Gasteiger partial charge < -0.3 is 0 Å². The van der Waals surface area contributed by atoms with Crippen LogP contribution in [0.15, 0.2) is 10.9 Å². The van der Waals surface area contributed by atoms with E-state index in [1.807, 2.05) is 0 Å². The van der Waals surface area contributed by atoms with Crippen molar-refractivity contribution in [3.05, 3.63) is 33.2 Å². The Bertz CT molecular complexity index is 622. The molecule has 1 heterocycles. The van der Waals surface area contributed by atoms with E-state index in [1.165, 1.54) is 13.0 Å². The number of nitrogens with zero attached hydrogens (tertiary/aromatic N) is 2. The average molecular weight is 242 g/mol. The molecule has 0 saturated carbocycles. The molecule has 0 aliphatic rings. The lowest BCUT2D eigenvalue weighted by molar-refractivity contribution is 0.262. The van der Waals surface area contributed by atoms with Crippen molar-refractivity contribution in [1.82, 2.24) is 4.73 Å². The molecule has 0 N–H and O–H groups in total. The molecule has 0 atom stereocenters. The largest absolute Gasteiger partial charge is 0.324 e. The molecule has 86 valence electrons. The molecule has 0 spiro atoms. The summed E-state index contributed by atoms with van der Waals surface area (Å²) >= 11 is 0. The lowest BCUT2D eigenvalue weighted by Gasteiger charge is -2.10. The van der Waals surface area contributed by atoms with Crippen LogP contribution in [0.3, 0.4) is 0 Å². The van der Waals surface area contributed by atoms with E-state index in [9.17, 15) is 13.2 Å². The zero-order chi connectivity index (χ0) is 12.5. The maximum Gasteiger partial charge on any atom is 0.324 e. The zero-order valence-electron chi connectivity index (χ0n) is 9.01. The van der Waals surface area contributed by atoms with Crippen LogP contribution in [0.2, 0.25) is 0 Å². The second kappa shape index (κ2) is 3.98. The van der Waals surface area contributed by atoms with E-state index < -0.39 is 15.7 Å². The van der Waals surface area contributed by atoms with Gasteiger partial charge in [0.2, 0.25) is 0 Å².